The zero-order valence-corrected chi connectivity index (χ0v) is 16.1. The normalized spacial score (nSPS) is 13.1. The first kappa shape index (κ1) is 19.6. The molecule has 0 radical (unpaired) electrons. The van der Waals surface area contributed by atoms with Crippen molar-refractivity contribution in [3.05, 3.63) is 58.5 Å². The second-order valence-electron chi connectivity index (χ2n) is 6.52. The van der Waals surface area contributed by atoms with Crippen LogP contribution in [0, 0.1) is 11.3 Å². The molecule has 0 saturated heterocycles. The van der Waals surface area contributed by atoms with E-state index >= 15 is 0 Å². The Kier molecular flexibility index (Phi) is 5.49. The second kappa shape index (κ2) is 7.84. The molecule has 0 aliphatic rings. The van der Waals surface area contributed by atoms with Crippen molar-refractivity contribution in [1.29, 1.82) is 5.26 Å². The smallest absolute Gasteiger partial charge is 0.269 e. The lowest BCUT2D eigenvalue weighted by molar-refractivity contribution is 0.0994. The molecule has 0 saturated carbocycles. The number of hydrogen-bond donors (Lipinski definition) is 2. The van der Waals surface area contributed by atoms with E-state index in [1.54, 1.807) is 34.5 Å². The molecule has 0 aliphatic carbocycles. The topological polar surface area (TPSA) is 123 Å². The summed E-state index contributed by atoms with van der Waals surface area (Å²) in [6, 6.07) is 10.3. The van der Waals surface area contributed by atoms with Gasteiger partial charge in [-0.1, -0.05) is 17.7 Å². The van der Waals surface area contributed by atoms with Gasteiger partial charge in [0.15, 0.2) is 0 Å². The van der Waals surface area contributed by atoms with E-state index in [9.17, 15) is 9.90 Å². The number of primary amides is 1. The lowest BCUT2D eigenvalue weighted by Gasteiger charge is -2.17. The van der Waals surface area contributed by atoms with Crippen LogP contribution in [0.2, 0.25) is 5.02 Å². The number of aliphatic hydroxyl groups is 1. The quantitative estimate of drug-likeness (QED) is 0.660. The minimum absolute atomic E-state index is 0.108. The number of nitrogens with two attached hydrogens (primary N) is 1. The van der Waals surface area contributed by atoms with Crippen LogP contribution < -0.4 is 5.73 Å². The Balaban J connectivity index is 1.83. The number of carbonyl (C=O) groups excluding carboxylic acids is 1. The molecule has 8 nitrogen and oxygen atoms in total. The van der Waals surface area contributed by atoms with E-state index in [2.05, 4.69) is 10.2 Å². The standard InChI is InChI=1S/C19H19ClN6O2/c1-11(26-18(12(2)27)8-17(24-26)19(22)28)10-25-6-5-16(23-25)13-3-4-14(9-21)15(20)7-13/h3-8,11-12,27H,10H2,1-2H3,(H2,22,28)/t11-,12?/m0/s1. The van der Waals surface area contributed by atoms with Crippen molar-refractivity contribution >= 4 is 17.5 Å². The molecule has 1 amide bonds. The van der Waals surface area contributed by atoms with Gasteiger partial charge in [0.2, 0.25) is 0 Å². The van der Waals surface area contributed by atoms with Crippen LogP contribution in [0.5, 0.6) is 0 Å². The molecule has 3 rings (SSSR count). The molecule has 0 bridgehead atoms. The lowest BCUT2D eigenvalue weighted by Crippen LogP contribution is -2.19. The Hall–Kier alpha value is -3.15. The number of nitrogens with zero attached hydrogens (tertiary/aromatic N) is 5. The summed E-state index contributed by atoms with van der Waals surface area (Å²) in [6.07, 6.45) is 1.02. The fraction of sp³-hybridized carbons (Fsp3) is 0.263. The van der Waals surface area contributed by atoms with Gasteiger partial charge in [-0.3, -0.25) is 14.2 Å². The third kappa shape index (κ3) is 3.91. The summed E-state index contributed by atoms with van der Waals surface area (Å²) >= 11 is 6.10. The summed E-state index contributed by atoms with van der Waals surface area (Å²) in [4.78, 5) is 11.4. The maximum Gasteiger partial charge on any atom is 0.269 e. The van der Waals surface area contributed by atoms with Gasteiger partial charge >= 0.3 is 0 Å². The highest BCUT2D eigenvalue weighted by atomic mass is 35.5. The molecule has 3 aromatic rings. The Morgan fingerprint density at radius 2 is 2.07 bits per heavy atom. The Labute approximate surface area is 166 Å². The fourth-order valence-corrected chi connectivity index (χ4v) is 3.15. The summed E-state index contributed by atoms with van der Waals surface area (Å²) in [6.45, 7) is 3.97. The summed E-state index contributed by atoms with van der Waals surface area (Å²) in [5, 5.41) is 28.1. The molecule has 1 unspecified atom stereocenters. The lowest BCUT2D eigenvalue weighted by atomic mass is 10.1. The average molecular weight is 399 g/mol. The van der Waals surface area contributed by atoms with Crippen LogP contribution >= 0.6 is 11.6 Å². The van der Waals surface area contributed by atoms with E-state index in [4.69, 9.17) is 22.6 Å². The number of aromatic nitrogens is 4. The summed E-state index contributed by atoms with van der Waals surface area (Å²) in [7, 11) is 0. The summed E-state index contributed by atoms with van der Waals surface area (Å²) < 4.78 is 3.33. The molecule has 1 aromatic carbocycles. The predicted molar refractivity (Wildman–Crippen MR) is 103 cm³/mol. The fourth-order valence-electron chi connectivity index (χ4n) is 2.92. The van der Waals surface area contributed by atoms with Crippen LogP contribution in [0.1, 0.15) is 47.7 Å². The van der Waals surface area contributed by atoms with E-state index < -0.39 is 12.0 Å². The molecule has 9 heteroatoms. The monoisotopic (exact) mass is 398 g/mol. The molecule has 144 valence electrons. The number of carbonyl (C=O) groups is 1. The Morgan fingerprint density at radius 3 is 2.68 bits per heavy atom. The predicted octanol–water partition coefficient (Wildman–Crippen LogP) is 2.69. The molecular formula is C19H19ClN6O2. The summed E-state index contributed by atoms with van der Waals surface area (Å²) in [5.74, 6) is -0.646. The zero-order valence-electron chi connectivity index (χ0n) is 15.4. The minimum atomic E-state index is -0.794. The van der Waals surface area contributed by atoms with Crippen LogP contribution in [0.25, 0.3) is 11.3 Å². The third-order valence-electron chi connectivity index (χ3n) is 4.34. The summed E-state index contributed by atoms with van der Waals surface area (Å²) in [5.41, 5.74) is 7.85. The highest BCUT2D eigenvalue weighted by molar-refractivity contribution is 6.32. The molecule has 2 atom stereocenters. The Morgan fingerprint density at radius 1 is 1.32 bits per heavy atom. The van der Waals surface area contributed by atoms with E-state index in [0.29, 0.717) is 28.5 Å². The van der Waals surface area contributed by atoms with Gasteiger partial charge in [-0.15, -0.1) is 0 Å². The van der Waals surface area contributed by atoms with E-state index in [-0.39, 0.29) is 11.7 Å². The number of amides is 1. The average Bonchev–Trinajstić information content (AvgIpc) is 3.29. The number of nitriles is 1. The largest absolute Gasteiger partial charge is 0.387 e. The van der Waals surface area contributed by atoms with Gasteiger partial charge in [0.05, 0.1) is 40.7 Å². The number of hydrogen-bond acceptors (Lipinski definition) is 5. The van der Waals surface area contributed by atoms with Crippen molar-refractivity contribution in [3.63, 3.8) is 0 Å². The van der Waals surface area contributed by atoms with Gasteiger partial charge in [-0.2, -0.15) is 15.5 Å². The number of halogens is 1. The van der Waals surface area contributed by atoms with Gasteiger partial charge in [-0.25, -0.2) is 0 Å². The number of rotatable bonds is 6. The SMILES string of the molecule is CC(O)c1cc(C(N)=O)nn1[C@@H](C)Cn1ccc(-c2ccc(C#N)c(Cl)c2)n1. The molecule has 0 aliphatic heterocycles. The first-order valence-electron chi connectivity index (χ1n) is 8.61. The highest BCUT2D eigenvalue weighted by Crippen LogP contribution is 2.25. The Bertz CT molecular complexity index is 1060. The molecule has 28 heavy (non-hydrogen) atoms. The second-order valence-corrected chi connectivity index (χ2v) is 6.92. The molecule has 2 aromatic heterocycles. The van der Waals surface area contributed by atoms with Crippen LogP contribution in [-0.2, 0) is 6.54 Å². The highest BCUT2D eigenvalue weighted by Gasteiger charge is 2.19. The minimum Gasteiger partial charge on any atom is -0.387 e. The number of aliphatic hydroxyl groups excluding tert-OH is 1. The maximum atomic E-state index is 11.4. The molecule has 3 N–H and O–H groups in total. The van der Waals surface area contributed by atoms with E-state index in [1.807, 2.05) is 25.3 Å². The van der Waals surface area contributed by atoms with Crippen molar-refractivity contribution in [1.82, 2.24) is 19.6 Å². The molecule has 2 heterocycles. The van der Waals surface area contributed by atoms with Crippen molar-refractivity contribution in [3.8, 4) is 17.3 Å². The van der Waals surface area contributed by atoms with Gasteiger partial charge in [0.1, 0.15) is 11.8 Å². The van der Waals surface area contributed by atoms with Gasteiger partial charge < -0.3 is 10.8 Å². The van der Waals surface area contributed by atoms with Crippen LogP contribution in [0.4, 0.5) is 0 Å². The zero-order chi connectivity index (χ0) is 20.4. The van der Waals surface area contributed by atoms with Crippen LogP contribution in [0.3, 0.4) is 0 Å². The van der Waals surface area contributed by atoms with Crippen molar-refractivity contribution in [2.24, 2.45) is 5.73 Å². The van der Waals surface area contributed by atoms with Gasteiger partial charge in [-0.05, 0) is 38.1 Å². The number of benzene rings is 1. The molecular weight excluding hydrogens is 380 g/mol. The first-order valence-corrected chi connectivity index (χ1v) is 8.98. The molecule has 0 spiro atoms. The van der Waals surface area contributed by atoms with Crippen LogP contribution in [-0.4, -0.2) is 30.6 Å². The van der Waals surface area contributed by atoms with E-state index in [1.165, 1.54) is 6.07 Å². The van der Waals surface area contributed by atoms with E-state index in [0.717, 1.165) is 5.56 Å². The first-order chi connectivity index (χ1) is 13.3. The van der Waals surface area contributed by atoms with Crippen molar-refractivity contribution < 1.29 is 9.90 Å². The maximum absolute atomic E-state index is 11.4. The third-order valence-corrected chi connectivity index (χ3v) is 4.65. The van der Waals surface area contributed by atoms with Crippen molar-refractivity contribution in [2.45, 2.75) is 32.5 Å². The van der Waals surface area contributed by atoms with Crippen molar-refractivity contribution in [2.75, 3.05) is 0 Å². The molecule has 0 fully saturated rings. The van der Waals surface area contributed by atoms with Gasteiger partial charge in [0.25, 0.3) is 5.91 Å². The van der Waals surface area contributed by atoms with Gasteiger partial charge in [0, 0.05) is 11.8 Å². The van der Waals surface area contributed by atoms with Crippen LogP contribution in [0.15, 0.2) is 36.5 Å².